The lowest BCUT2D eigenvalue weighted by Crippen LogP contribution is -2.34. The lowest BCUT2D eigenvalue weighted by Gasteiger charge is -2.38. The van der Waals surface area contributed by atoms with Gasteiger partial charge in [0.05, 0.1) is 34.7 Å². The number of nitrogens with one attached hydrogen (secondary N) is 2. The van der Waals surface area contributed by atoms with Crippen LogP contribution in [0.1, 0.15) is 81.8 Å². The molecule has 2 N–H and O–H groups in total. The van der Waals surface area contributed by atoms with E-state index in [9.17, 15) is 4.79 Å². The molecule has 1 aliphatic rings. The molecular formula is C29H33N7O. The molecule has 8 nitrogen and oxygen atoms in total. The normalized spacial score (nSPS) is 15.8. The molecule has 0 fully saturated rings. The maximum atomic E-state index is 12.8. The molecule has 1 aliphatic carbocycles. The second-order valence-corrected chi connectivity index (χ2v) is 9.70. The number of amides is 1. The number of hydrogen-bond acceptors (Lipinski definition) is 6. The summed E-state index contributed by atoms with van der Waals surface area (Å²) >= 11 is 0. The molecule has 37 heavy (non-hydrogen) atoms. The number of imidazole rings is 1. The first-order valence-electron chi connectivity index (χ1n) is 12.8. The van der Waals surface area contributed by atoms with Crippen molar-refractivity contribution in [2.75, 3.05) is 0 Å². The van der Waals surface area contributed by atoms with Crippen LogP contribution in [0.2, 0.25) is 0 Å². The predicted molar refractivity (Wildman–Crippen MR) is 142 cm³/mol. The van der Waals surface area contributed by atoms with Crippen LogP contribution >= 0.6 is 0 Å². The van der Waals surface area contributed by atoms with E-state index in [-0.39, 0.29) is 18.0 Å². The summed E-state index contributed by atoms with van der Waals surface area (Å²) < 4.78 is 0. The molecule has 1 aromatic carbocycles. The number of benzene rings is 1. The third-order valence-electron chi connectivity index (χ3n) is 7.24. The number of rotatable bonds is 8. The number of aryl methyl sites for hydroxylation is 3. The molecule has 0 radical (unpaired) electrons. The Morgan fingerprint density at radius 3 is 2.68 bits per heavy atom. The van der Waals surface area contributed by atoms with Gasteiger partial charge in [0.25, 0.3) is 5.91 Å². The van der Waals surface area contributed by atoms with Gasteiger partial charge in [-0.1, -0.05) is 30.3 Å². The van der Waals surface area contributed by atoms with Crippen molar-refractivity contribution in [3.63, 3.8) is 0 Å². The third-order valence-corrected chi connectivity index (χ3v) is 7.24. The van der Waals surface area contributed by atoms with Gasteiger partial charge in [-0.15, -0.1) is 0 Å². The van der Waals surface area contributed by atoms with Gasteiger partial charge in [-0.25, -0.2) is 15.0 Å². The van der Waals surface area contributed by atoms with Crippen LogP contribution in [0.3, 0.4) is 0 Å². The molecule has 3 aromatic heterocycles. The van der Waals surface area contributed by atoms with E-state index in [1.807, 2.05) is 44.6 Å². The number of carbonyl (C=O) groups excluding carboxylic acids is 1. The van der Waals surface area contributed by atoms with Gasteiger partial charge in [-0.05, 0) is 62.8 Å². The predicted octanol–water partition coefficient (Wildman–Crippen LogP) is 4.78. The van der Waals surface area contributed by atoms with E-state index in [2.05, 4.69) is 61.3 Å². The monoisotopic (exact) mass is 495 g/mol. The summed E-state index contributed by atoms with van der Waals surface area (Å²) in [5.74, 6) is 0.793. The molecule has 2 atom stereocenters. The Bertz CT molecular complexity index is 1350. The zero-order valence-corrected chi connectivity index (χ0v) is 21.6. The van der Waals surface area contributed by atoms with E-state index in [4.69, 9.17) is 4.98 Å². The van der Waals surface area contributed by atoms with Gasteiger partial charge in [0.2, 0.25) is 0 Å². The number of fused-ring (bicyclic) bond motifs is 1. The van der Waals surface area contributed by atoms with E-state index in [1.54, 1.807) is 0 Å². The SMILES string of the molecule is Cc1ncnc(C)c1C(=O)NCc1cccc(CN(C(C)c2ncc[nH]2)C2CCCc3cccnc32)c1. The fraction of sp³-hybridized carbons (Fsp3) is 0.345. The largest absolute Gasteiger partial charge is 0.348 e. The van der Waals surface area contributed by atoms with Gasteiger partial charge in [0, 0.05) is 31.7 Å². The molecule has 8 heteroatoms. The Balaban J connectivity index is 1.37. The van der Waals surface area contributed by atoms with Gasteiger partial charge >= 0.3 is 0 Å². The first-order valence-corrected chi connectivity index (χ1v) is 12.8. The molecule has 4 aromatic rings. The number of nitrogens with zero attached hydrogens (tertiary/aromatic N) is 5. The van der Waals surface area contributed by atoms with Crippen LogP contribution in [-0.2, 0) is 19.5 Å². The van der Waals surface area contributed by atoms with E-state index < -0.39 is 0 Å². The average molecular weight is 496 g/mol. The minimum absolute atomic E-state index is 0.0837. The number of carbonyl (C=O) groups is 1. The molecule has 0 bridgehead atoms. The van der Waals surface area contributed by atoms with E-state index in [1.165, 1.54) is 23.1 Å². The smallest absolute Gasteiger partial charge is 0.255 e. The molecular weight excluding hydrogens is 462 g/mol. The molecule has 0 saturated heterocycles. The summed E-state index contributed by atoms with van der Waals surface area (Å²) in [6.45, 7) is 7.04. The van der Waals surface area contributed by atoms with Crippen molar-refractivity contribution in [1.29, 1.82) is 0 Å². The first-order chi connectivity index (χ1) is 18.0. The molecule has 2 unspecified atom stereocenters. The van der Waals surface area contributed by atoms with Crippen molar-refractivity contribution in [2.45, 2.75) is 65.2 Å². The van der Waals surface area contributed by atoms with E-state index in [0.717, 1.165) is 37.2 Å². The van der Waals surface area contributed by atoms with Gasteiger partial charge in [0.15, 0.2) is 0 Å². The van der Waals surface area contributed by atoms with Crippen molar-refractivity contribution in [2.24, 2.45) is 0 Å². The van der Waals surface area contributed by atoms with Crippen LogP contribution in [-0.4, -0.2) is 35.7 Å². The zero-order valence-electron chi connectivity index (χ0n) is 21.6. The highest BCUT2D eigenvalue weighted by Crippen LogP contribution is 2.38. The Morgan fingerprint density at radius 2 is 1.89 bits per heavy atom. The minimum atomic E-state index is -0.154. The van der Waals surface area contributed by atoms with Crippen molar-refractivity contribution < 1.29 is 4.79 Å². The van der Waals surface area contributed by atoms with Crippen LogP contribution in [0.4, 0.5) is 0 Å². The second kappa shape index (κ2) is 11.0. The van der Waals surface area contributed by atoms with Crippen molar-refractivity contribution in [3.05, 3.63) is 106 Å². The highest BCUT2D eigenvalue weighted by atomic mass is 16.1. The lowest BCUT2D eigenvalue weighted by molar-refractivity contribution is 0.0948. The Morgan fingerprint density at radius 1 is 1.08 bits per heavy atom. The van der Waals surface area contributed by atoms with Gasteiger partial charge in [-0.3, -0.25) is 14.7 Å². The number of pyridine rings is 1. The maximum absolute atomic E-state index is 12.8. The lowest BCUT2D eigenvalue weighted by atomic mass is 9.89. The molecule has 190 valence electrons. The topological polar surface area (TPSA) is 99.7 Å². The molecule has 1 amide bonds. The van der Waals surface area contributed by atoms with Crippen molar-refractivity contribution >= 4 is 5.91 Å². The van der Waals surface area contributed by atoms with Gasteiger partial charge in [-0.2, -0.15) is 0 Å². The van der Waals surface area contributed by atoms with Crippen LogP contribution < -0.4 is 5.32 Å². The molecule has 0 saturated carbocycles. The van der Waals surface area contributed by atoms with Crippen LogP contribution in [0.25, 0.3) is 0 Å². The van der Waals surface area contributed by atoms with Gasteiger partial charge in [0.1, 0.15) is 12.2 Å². The maximum Gasteiger partial charge on any atom is 0.255 e. The van der Waals surface area contributed by atoms with Crippen LogP contribution in [0.5, 0.6) is 0 Å². The summed E-state index contributed by atoms with van der Waals surface area (Å²) in [5, 5.41) is 3.04. The van der Waals surface area contributed by atoms with E-state index >= 15 is 0 Å². The second-order valence-electron chi connectivity index (χ2n) is 9.70. The number of H-pyrrole nitrogens is 1. The van der Waals surface area contributed by atoms with E-state index in [0.29, 0.717) is 23.5 Å². The molecule has 0 spiro atoms. The van der Waals surface area contributed by atoms with Crippen molar-refractivity contribution in [1.82, 2.24) is 35.1 Å². The fourth-order valence-electron chi connectivity index (χ4n) is 5.33. The molecule has 3 heterocycles. The fourth-order valence-corrected chi connectivity index (χ4v) is 5.33. The Kier molecular flexibility index (Phi) is 7.37. The van der Waals surface area contributed by atoms with Crippen LogP contribution in [0.15, 0.2) is 61.3 Å². The Hall–Kier alpha value is -3.91. The number of aromatic amines is 1. The Labute approximate surface area is 217 Å². The summed E-state index contributed by atoms with van der Waals surface area (Å²) in [7, 11) is 0. The summed E-state index contributed by atoms with van der Waals surface area (Å²) in [6, 6.07) is 12.9. The highest BCUT2D eigenvalue weighted by molar-refractivity contribution is 5.96. The average Bonchev–Trinajstić information content (AvgIpc) is 3.45. The summed E-state index contributed by atoms with van der Waals surface area (Å²) in [6.07, 6.45) is 10.3. The first kappa shape index (κ1) is 24.8. The molecule has 0 aliphatic heterocycles. The third kappa shape index (κ3) is 5.44. The number of hydrogen-bond donors (Lipinski definition) is 2. The minimum Gasteiger partial charge on any atom is -0.348 e. The quantitative estimate of drug-likeness (QED) is 0.365. The van der Waals surface area contributed by atoms with Crippen molar-refractivity contribution in [3.8, 4) is 0 Å². The summed E-state index contributed by atoms with van der Waals surface area (Å²) in [4.78, 5) is 36.4. The standard InChI is InChI=1S/C29H33N7O/c1-19-26(20(2)35-18-34-19)29(37)33-16-22-7-4-8-23(15-22)17-36(21(3)28-31-13-14-32-28)25-11-5-9-24-10-6-12-30-27(24)25/h4,6-8,10,12-15,18,21,25H,5,9,11,16-17H2,1-3H3,(H,31,32)(H,33,37). The summed E-state index contributed by atoms with van der Waals surface area (Å²) in [5.41, 5.74) is 6.65. The highest BCUT2D eigenvalue weighted by Gasteiger charge is 2.31. The zero-order chi connectivity index (χ0) is 25.8. The molecule has 5 rings (SSSR count). The van der Waals surface area contributed by atoms with Crippen LogP contribution in [0, 0.1) is 13.8 Å². The van der Waals surface area contributed by atoms with Gasteiger partial charge < -0.3 is 10.3 Å². The number of aromatic nitrogens is 5.